The fourth-order valence-corrected chi connectivity index (χ4v) is 23.7. The van der Waals surface area contributed by atoms with E-state index in [4.69, 9.17) is 44.2 Å². The maximum Gasteiger partial charge on any atom is 0.407 e. The second-order valence-corrected chi connectivity index (χ2v) is 37.0. The van der Waals surface area contributed by atoms with Gasteiger partial charge in [-0.1, -0.05) is 139 Å². The smallest absolute Gasteiger partial charge is 0.407 e. The van der Waals surface area contributed by atoms with Crippen LogP contribution in [-0.2, 0) is 62.2 Å². The lowest BCUT2D eigenvalue weighted by atomic mass is 9.44. The van der Waals surface area contributed by atoms with Crippen LogP contribution >= 0.6 is 0 Å². The molecular weight excluding hydrogens is 1350 g/mol. The van der Waals surface area contributed by atoms with Gasteiger partial charge in [-0.05, 0) is 265 Å². The Bertz CT molecular complexity index is 4290. The number of amides is 1. The van der Waals surface area contributed by atoms with Crippen molar-refractivity contribution in [1.29, 1.82) is 0 Å². The van der Waals surface area contributed by atoms with Crippen LogP contribution in [0.5, 0.6) is 0 Å². The van der Waals surface area contributed by atoms with Crippen molar-refractivity contribution < 1.29 is 47.7 Å². The highest BCUT2D eigenvalue weighted by atomic mass is 16.6. The first-order valence-electron chi connectivity index (χ1n) is 41.4. The molecule has 9 unspecified atom stereocenters. The molecule has 0 spiro atoms. The average Bonchev–Trinajstić information content (AvgIpc) is 1.66. The Labute approximate surface area is 641 Å². The first-order valence-corrected chi connectivity index (χ1v) is 41.4. The lowest BCUT2D eigenvalue weighted by Gasteiger charge is -2.61. The van der Waals surface area contributed by atoms with Crippen molar-refractivity contribution >= 4 is 57.5 Å². The molecule has 20 atom stereocenters. The molecule has 1 amide bonds. The van der Waals surface area contributed by atoms with Crippen LogP contribution in [0.3, 0.4) is 0 Å². The molecule has 0 bridgehead atoms. The third-order valence-corrected chi connectivity index (χ3v) is 30.0. The van der Waals surface area contributed by atoms with Crippen LogP contribution in [0.25, 0.3) is 38.8 Å². The summed E-state index contributed by atoms with van der Waals surface area (Å²) in [6.45, 7) is 23.6. The normalized spacial score (nSPS) is 31.4. The van der Waals surface area contributed by atoms with Gasteiger partial charge in [0, 0.05) is 65.3 Å². The number of fused-ring (bicyclic) bond motifs is 11. The van der Waals surface area contributed by atoms with Crippen molar-refractivity contribution in [3.63, 3.8) is 0 Å². The fourth-order valence-electron chi connectivity index (χ4n) is 23.7. The number of carbonyl (C=O) groups is 5. The van der Waals surface area contributed by atoms with Gasteiger partial charge in [0.2, 0.25) is 0 Å². The standard InChI is InChI=1S/C91H121N7O10/c1-56(23-35-82(99)104-11)58(3)88(7)41-39-73-63(54-88)25-28-64-51-67(37-42-89(64,73)8)107-85(102)81(48-60-21-17-14-18-22-60)98-55-78(95-96-98)62-27-31-69-68-30-26-61(49-79(68)97(80(69)50-62)46-45-92-86(103)108-87(4,5)6)76-53-77(94-93-76)71(47-59-19-15-13-16-20-59)84(101)106-66-38-43-90(9)65(52-66)29-32-70-74-34-33-72(57(2)24-36-83(100)105-12)91(74,10)44-40-75(70)90/h13-22,26-27,30-31,49-50,53,55-58,63-67,70-75,77,81H,23-25,28-29,32-48,51-52,54H2,1-12H3,(H,92,103)/t56-,57-,58?,63+,64-,65-,66-,67-,70+,71-,72?,73?,74+,75?,77?,81+,88?,89?,90?,91?/m1/s1. The molecule has 3 heterocycles. The van der Waals surface area contributed by atoms with Crippen molar-refractivity contribution in [1.82, 2.24) is 24.9 Å². The second kappa shape index (κ2) is 31.6. The summed E-state index contributed by atoms with van der Waals surface area (Å²) < 4.78 is 33.1. The average molecular weight is 1470 g/mol. The van der Waals surface area contributed by atoms with Crippen LogP contribution in [0.1, 0.15) is 227 Å². The number of alkyl carbamates (subject to hydrolysis) is 1. The van der Waals surface area contributed by atoms with E-state index in [0.29, 0.717) is 102 Å². The Balaban J connectivity index is 0.676. The molecule has 580 valence electrons. The van der Waals surface area contributed by atoms with Crippen LogP contribution < -0.4 is 5.32 Å². The Morgan fingerprint density at radius 1 is 0.630 bits per heavy atom. The maximum atomic E-state index is 15.0. The number of aromatic nitrogens is 4. The highest BCUT2D eigenvalue weighted by Gasteiger charge is 2.61. The van der Waals surface area contributed by atoms with Crippen LogP contribution in [0.15, 0.2) is 120 Å². The number of ether oxygens (including phenoxy) is 5. The number of hydrogen-bond acceptors (Lipinski definition) is 14. The molecule has 17 heteroatoms. The van der Waals surface area contributed by atoms with E-state index in [0.717, 1.165) is 114 Å². The maximum absolute atomic E-state index is 15.0. The number of carbonyl (C=O) groups excluding carboxylic acids is 5. The van der Waals surface area contributed by atoms with Crippen LogP contribution in [0, 0.1) is 92.7 Å². The predicted octanol–water partition coefficient (Wildman–Crippen LogP) is 19.7. The lowest BCUT2D eigenvalue weighted by Crippen LogP contribution is -2.54. The Kier molecular flexibility index (Phi) is 22.5. The summed E-state index contributed by atoms with van der Waals surface area (Å²) in [6, 6.07) is 31.6. The lowest BCUT2D eigenvalue weighted by molar-refractivity contribution is -0.167. The number of rotatable bonds is 24. The Hall–Kier alpha value is -7.69. The largest absolute Gasteiger partial charge is 0.469 e. The number of azo groups is 1. The molecule has 108 heavy (non-hydrogen) atoms. The van der Waals surface area contributed by atoms with Gasteiger partial charge < -0.3 is 33.6 Å². The molecule has 7 aliphatic carbocycles. The number of nitrogens with zero attached hydrogens (tertiary/aromatic N) is 6. The minimum atomic E-state index is -0.753. The van der Waals surface area contributed by atoms with Gasteiger partial charge in [0.1, 0.15) is 29.5 Å². The number of hydrogen-bond donors (Lipinski definition) is 1. The summed E-state index contributed by atoms with van der Waals surface area (Å²) in [5.41, 5.74) is 7.14. The molecule has 7 fully saturated rings. The van der Waals surface area contributed by atoms with Crippen LogP contribution in [0.4, 0.5) is 4.79 Å². The first-order chi connectivity index (χ1) is 51.7. The van der Waals surface area contributed by atoms with Gasteiger partial charge in [0.15, 0.2) is 6.04 Å². The van der Waals surface area contributed by atoms with E-state index in [1.807, 2.05) is 81.6 Å². The second-order valence-electron chi connectivity index (χ2n) is 37.0. The minimum Gasteiger partial charge on any atom is -0.469 e. The quantitative estimate of drug-likeness (QED) is 0.0444. The summed E-state index contributed by atoms with van der Waals surface area (Å²) in [6.07, 6.45) is 25.7. The molecule has 2 aromatic heterocycles. The van der Waals surface area contributed by atoms with Crippen molar-refractivity contribution in [2.75, 3.05) is 20.8 Å². The number of nitrogens with one attached hydrogen (secondary N) is 1. The third-order valence-electron chi connectivity index (χ3n) is 30.0. The summed E-state index contributed by atoms with van der Waals surface area (Å²) in [4.78, 5) is 67.4. The van der Waals surface area contributed by atoms with Gasteiger partial charge in [0.05, 0.1) is 32.0 Å². The summed E-state index contributed by atoms with van der Waals surface area (Å²) >= 11 is 0. The topological polar surface area (TPSA) is 204 Å². The van der Waals surface area contributed by atoms with Gasteiger partial charge in [-0.2, -0.15) is 10.2 Å². The molecule has 0 saturated heterocycles. The van der Waals surface area contributed by atoms with E-state index >= 15 is 4.79 Å². The summed E-state index contributed by atoms with van der Waals surface area (Å²) in [5.74, 6) is 5.21. The van der Waals surface area contributed by atoms with Crippen molar-refractivity contribution in [2.45, 2.75) is 253 Å². The highest BCUT2D eigenvalue weighted by molar-refractivity contribution is 6.09. The van der Waals surface area contributed by atoms with Gasteiger partial charge in [-0.25, -0.2) is 14.3 Å². The van der Waals surface area contributed by atoms with Crippen LogP contribution in [-0.4, -0.2) is 94.1 Å². The molecule has 4 aromatic carbocycles. The van der Waals surface area contributed by atoms with Gasteiger partial charge in [0.25, 0.3) is 0 Å². The number of methoxy groups -OCH3 is 2. The van der Waals surface area contributed by atoms with Crippen molar-refractivity contribution in [3.05, 3.63) is 126 Å². The van der Waals surface area contributed by atoms with E-state index in [-0.39, 0.29) is 58.9 Å². The molecule has 7 saturated carbocycles. The molecule has 1 aliphatic heterocycles. The molecule has 14 rings (SSSR count). The first kappa shape index (κ1) is 77.1. The van der Waals surface area contributed by atoms with Gasteiger partial charge in [-0.15, -0.1) is 5.10 Å². The monoisotopic (exact) mass is 1470 g/mol. The number of benzene rings is 4. The zero-order chi connectivity index (χ0) is 76.0. The third kappa shape index (κ3) is 15.7. The van der Waals surface area contributed by atoms with E-state index < -0.39 is 29.7 Å². The molecular formula is C91H121N7O10. The molecule has 6 aromatic rings. The zero-order valence-corrected chi connectivity index (χ0v) is 66.6. The fraction of sp³-hybridized carbons (Fsp3) is 0.637. The van der Waals surface area contributed by atoms with Gasteiger partial charge >= 0.3 is 30.0 Å². The molecule has 1 N–H and O–H groups in total. The molecule has 8 aliphatic rings. The molecule has 17 nitrogen and oxygen atoms in total. The SMILES string of the molecule is COC(=O)CC[C@@H](C)C(C)C1(C)CCC2[C@@H](CC[C@@H]3C[C@H](OC(=O)[C@H](Cc4ccccc4)n4cc(-c5ccc6c7ccc(C8=CC([C@@H](Cc9ccccc9)C(=O)O[C@@H]9CCC%10(C)C%11CCC%12(C)C([C@H](C)CCC(=O)OC)CC[C@H]%12[C@@H]%11CC[C@@H]%10C9)N=N8)cc7n(CCNC(=O)OC(C)(C)C)c6c5)nn4)CCC23C)C1. The molecule has 0 radical (unpaired) electrons. The number of esters is 4. The van der Waals surface area contributed by atoms with E-state index in [2.05, 4.69) is 107 Å². The van der Waals surface area contributed by atoms with Gasteiger partial charge in [-0.3, -0.25) is 14.4 Å². The summed E-state index contributed by atoms with van der Waals surface area (Å²) in [7, 11) is 2.98. The highest BCUT2D eigenvalue weighted by Crippen LogP contribution is 2.69. The zero-order valence-electron chi connectivity index (χ0n) is 66.6. The van der Waals surface area contributed by atoms with Crippen LogP contribution in [0.2, 0.25) is 0 Å². The van der Waals surface area contributed by atoms with Crippen molar-refractivity contribution in [3.8, 4) is 11.3 Å². The Morgan fingerprint density at radius 2 is 1.22 bits per heavy atom. The Morgan fingerprint density at radius 3 is 1.89 bits per heavy atom. The van der Waals surface area contributed by atoms with E-state index in [1.165, 1.54) is 78.4 Å². The predicted molar refractivity (Wildman–Crippen MR) is 421 cm³/mol. The van der Waals surface area contributed by atoms with E-state index in [9.17, 15) is 19.2 Å². The minimum absolute atomic E-state index is 0.101. The summed E-state index contributed by atoms with van der Waals surface area (Å²) in [5, 5.41) is 24.3. The van der Waals surface area contributed by atoms with E-state index in [1.54, 1.807) is 4.68 Å². The van der Waals surface area contributed by atoms with Crippen molar-refractivity contribution in [2.24, 2.45) is 103 Å².